The number of ether oxygens (including phenoxy) is 1. The molecule has 2 aromatic heterocycles. The maximum absolute atomic E-state index is 5.33. The summed E-state index contributed by atoms with van der Waals surface area (Å²) in [5.74, 6) is 1.55. The predicted octanol–water partition coefficient (Wildman–Crippen LogP) is 3.31. The Hall–Kier alpha value is -1.47. The summed E-state index contributed by atoms with van der Waals surface area (Å²) in [6.45, 7) is 11.2. The van der Waals surface area contributed by atoms with Crippen molar-refractivity contribution in [3.05, 3.63) is 29.4 Å². The van der Waals surface area contributed by atoms with E-state index in [1.54, 1.807) is 17.1 Å². The molecule has 1 aliphatic rings. The van der Waals surface area contributed by atoms with E-state index in [4.69, 9.17) is 4.74 Å². The summed E-state index contributed by atoms with van der Waals surface area (Å²) in [5.41, 5.74) is 0. The Morgan fingerprint density at radius 3 is 2.36 bits per heavy atom. The molecule has 0 aromatic carbocycles. The zero-order chi connectivity index (χ0) is 16.4. The third kappa shape index (κ3) is 5.06. The van der Waals surface area contributed by atoms with E-state index in [0.717, 1.165) is 36.7 Å². The molecule has 1 saturated heterocycles. The van der Waals surface area contributed by atoms with Gasteiger partial charge in [0, 0.05) is 25.5 Å². The highest BCUT2D eigenvalue weighted by atomic mass is 79.9. The van der Waals surface area contributed by atoms with Gasteiger partial charge in [-0.05, 0) is 22.0 Å². The van der Waals surface area contributed by atoms with Crippen molar-refractivity contribution in [3.63, 3.8) is 0 Å². The van der Waals surface area contributed by atoms with E-state index >= 15 is 0 Å². The topological polar surface area (TPSA) is 56.1 Å². The smallest absolute Gasteiger partial charge is 0.236 e. The second kappa shape index (κ2) is 10.3. The van der Waals surface area contributed by atoms with Gasteiger partial charge >= 0.3 is 0 Å². The number of hydrogen-bond donors (Lipinski definition) is 0. The highest BCUT2D eigenvalue weighted by molar-refractivity contribution is 9.10. The number of hydrogen-bond acceptors (Lipinski definition) is 5. The van der Waals surface area contributed by atoms with Gasteiger partial charge < -0.3 is 9.64 Å². The highest BCUT2D eigenvalue weighted by Gasteiger charge is 2.13. The van der Waals surface area contributed by atoms with Crippen LogP contribution in [-0.4, -0.2) is 45.8 Å². The van der Waals surface area contributed by atoms with Gasteiger partial charge in [0.2, 0.25) is 5.95 Å². The average Bonchev–Trinajstić information content (AvgIpc) is 3.06. The number of halogens is 1. The minimum atomic E-state index is 0.622. The fourth-order valence-electron chi connectivity index (χ4n) is 1.84. The van der Waals surface area contributed by atoms with E-state index in [2.05, 4.69) is 35.8 Å². The molecule has 0 radical (unpaired) electrons. The van der Waals surface area contributed by atoms with Gasteiger partial charge in [-0.3, -0.25) is 4.57 Å². The fourth-order valence-corrected chi connectivity index (χ4v) is 2.15. The maximum atomic E-state index is 5.33. The lowest BCUT2D eigenvalue weighted by Gasteiger charge is -2.27. The lowest BCUT2D eigenvalue weighted by Crippen LogP contribution is -2.36. The van der Waals surface area contributed by atoms with Crippen LogP contribution in [0.5, 0.6) is 0 Å². The minimum absolute atomic E-state index is 0.622. The molecule has 0 atom stereocenters. The van der Waals surface area contributed by atoms with Crippen molar-refractivity contribution in [2.24, 2.45) is 0 Å². The molecule has 3 heterocycles. The van der Waals surface area contributed by atoms with Crippen LogP contribution in [0.4, 0.5) is 5.82 Å². The molecule has 0 saturated carbocycles. The summed E-state index contributed by atoms with van der Waals surface area (Å²) < 4.78 is 7.89. The molecule has 0 aliphatic carbocycles. The SMILES string of the molecule is Brc1cn(-c2nccc(N3CCOCC3)n2)cn1.CC.CC. The first-order valence-corrected chi connectivity index (χ1v) is 8.48. The van der Waals surface area contributed by atoms with Crippen LogP contribution in [-0.2, 0) is 4.74 Å². The van der Waals surface area contributed by atoms with Crippen LogP contribution in [0.1, 0.15) is 27.7 Å². The first kappa shape index (κ1) is 18.6. The number of nitrogens with zero attached hydrogens (tertiary/aromatic N) is 5. The van der Waals surface area contributed by atoms with Crippen molar-refractivity contribution in [3.8, 4) is 5.95 Å². The van der Waals surface area contributed by atoms with Crippen molar-refractivity contribution < 1.29 is 4.74 Å². The van der Waals surface area contributed by atoms with Crippen molar-refractivity contribution in [2.75, 3.05) is 31.2 Å². The Labute approximate surface area is 140 Å². The third-order valence-electron chi connectivity index (χ3n) is 2.75. The van der Waals surface area contributed by atoms with Gasteiger partial charge in [0.1, 0.15) is 16.7 Å². The Balaban J connectivity index is 0.000000561. The molecule has 1 fully saturated rings. The summed E-state index contributed by atoms with van der Waals surface area (Å²) in [7, 11) is 0. The zero-order valence-corrected chi connectivity index (χ0v) is 15.2. The molecule has 6 nitrogen and oxygen atoms in total. The number of imidazole rings is 1. The van der Waals surface area contributed by atoms with Crippen LogP contribution in [0.25, 0.3) is 5.95 Å². The van der Waals surface area contributed by atoms with Gasteiger partial charge in [0.05, 0.1) is 13.2 Å². The van der Waals surface area contributed by atoms with Crippen molar-refractivity contribution >= 4 is 21.7 Å². The van der Waals surface area contributed by atoms with Crippen LogP contribution >= 0.6 is 15.9 Å². The van der Waals surface area contributed by atoms with E-state index in [9.17, 15) is 0 Å². The molecule has 22 heavy (non-hydrogen) atoms. The van der Waals surface area contributed by atoms with E-state index in [1.807, 2.05) is 40.0 Å². The number of morpholine rings is 1. The van der Waals surface area contributed by atoms with E-state index in [1.165, 1.54) is 0 Å². The maximum Gasteiger partial charge on any atom is 0.236 e. The Bertz CT molecular complexity index is 540. The van der Waals surface area contributed by atoms with Crippen molar-refractivity contribution in [2.45, 2.75) is 27.7 Å². The Morgan fingerprint density at radius 2 is 1.77 bits per heavy atom. The summed E-state index contributed by atoms with van der Waals surface area (Å²) in [5, 5.41) is 0. The first-order chi connectivity index (χ1) is 10.8. The molecule has 7 heteroatoms. The van der Waals surface area contributed by atoms with Gasteiger partial charge in [-0.25, -0.2) is 9.97 Å². The quantitative estimate of drug-likeness (QED) is 0.812. The molecule has 0 amide bonds. The Kier molecular flexibility index (Phi) is 8.69. The van der Waals surface area contributed by atoms with Gasteiger partial charge in [-0.15, -0.1) is 0 Å². The van der Waals surface area contributed by atoms with Crippen molar-refractivity contribution in [1.29, 1.82) is 0 Å². The van der Waals surface area contributed by atoms with Crippen molar-refractivity contribution in [1.82, 2.24) is 19.5 Å². The van der Waals surface area contributed by atoms with Gasteiger partial charge in [0.25, 0.3) is 0 Å². The lowest BCUT2D eigenvalue weighted by atomic mass is 10.4. The fraction of sp³-hybridized carbons (Fsp3) is 0.533. The van der Waals surface area contributed by atoms with Crippen LogP contribution in [0, 0.1) is 0 Å². The van der Waals surface area contributed by atoms with Crippen LogP contribution in [0.2, 0.25) is 0 Å². The van der Waals surface area contributed by atoms with E-state index in [-0.39, 0.29) is 0 Å². The number of aromatic nitrogens is 4. The molecule has 0 spiro atoms. The molecule has 0 N–H and O–H groups in total. The first-order valence-electron chi connectivity index (χ1n) is 7.68. The monoisotopic (exact) mass is 369 g/mol. The van der Waals surface area contributed by atoms with E-state index < -0.39 is 0 Å². The molecule has 2 aromatic rings. The van der Waals surface area contributed by atoms with Crippen LogP contribution in [0.15, 0.2) is 29.4 Å². The number of anilines is 1. The molecule has 1 aliphatic heterocycles. The highest BCUT2D eigenvalue weighted by Crippen LogP contribution is 2.14. The molecular formula is C15H24BrN5O. The predicted molar refractivity (Wildman–Crippen MR) is 92.6 cm³/mol. The lowest BCUT2D eigenvalue weighted by molar-refractivity contribution is 0.122. The van der Waals surface area contributed by atoms with Gasteiger partial charge in [-0.2, -0.15) is 4.98 Å². The molecule has 0 bridgehead atoms. The molecule has 122 valence electrons. The molecule has 0 unspecified atom stereocenters. The average molecular weight is 370 g/mol. The second-order valence-electron chi connectivity index (χ2n) is 3.92. The van der Waals surface area contributed by atoms with Crippen LogP contribution < -0.4 is 4.90 Å². The molecule has 3 rings (SSSR count). The van der Waals surface area contributed by atoms with E-state index in [0.29, 0.717) is 5.95 Å². The summed E-state index contributed by atoms with van der Waals surface area (Å²) in [6.07, 6.45) is 5.28. The molecular weight excluding hydrogens is 346 g/mol. The largest absolute Gasteiger partial charge is 0.378 e. The zero-order valence-electron chi connectivity index (χ0n) is 13.7. The normalized spacial score (nSPS) is 13.6. The van der Waals surface area contributed by atoms with Crippen LogP contribution in [0.3, 0.4) is 0 Å². The van der Waals surface area contributed by atoms with Gasteiger partial charge in [-0.1, -0.05) is 27.7 Å². The summed E-state index contributed by atoms with van der Waals surface area (Å²) in [6, 6.07) is 1.92. The minimum Gasteiger partial charge on any atom is -0.378 e. The standard InChI is InChI=1S/C11H12BrN5O.2C2H6/c12-9-7-17(8-14-9)11-13-2-1-10(15-11)16-3-5-18-6-4-16;2*1-2/h1-2,7-8H,3-6H2;2*1-2H3. The number of rotatable bonds is 2. The second-order valence-corrected chi connectivity index (χ2v) is 4.73. The summed E-state index contributed by atoms with van der Waals surface area (Å²) >= 11 is 3.31. The van der Waals surface area contributed by atoms with Gasteiger partial charge in [0.15, 0.2) is 0 Å². The summed E-state index contributed by atoms with van der Waals surface area (Å²) in [4.78, 5) is 15.1. The Morgan fingerprint density at radius 1 is 1.09 bits per heavy atom. The third-order valence-corrected chi connectivity index (χ3v) is 3.15.